The van der Waals surface area contributed by atoms with Gasteiger partial charge >= 0.3 is 0 Å². The molecule has 0 aromatic heterocycles. The number of nitrogens with one attached hydrogen (secondary N) is 1. The Bertz CT molecular complexity index is 1180. The van der Waals surface area contributed by atoms with Crippen molar-refractivity contribution in [3.8, 4) is 0 Å². The quantitative estimate of drug-likeness (QED) is 0.220. The van der Waals surface area contributed by atoms with E-state index in [9.17, 15) is 5.11 Å². The van der Waals surface area contributed by atoms with Crippen LogP contribution in [0, 0.1) is 0 Å². The highest BCUT2D eigenvalue weighted by Crippen LogP contribution is 2.24. The Morgan fingerprint density at radius 3 is 2.14 bits per heavy atom. The molecule has 0 spiro atoms. The van der Waals surface area contributed by atoms with Gasteiger partial charge in [-0.25, -0.2) is 0 Å². The van der Waals surface area contributed by atoms with Gasteiger partial charge in [0.05, 0.1) is 18.8 Å². The summed E-state index contributed by atoms with van der Waals surface area (Å²) in [5, 5.41) is 16.8. The zero-order valence-corrected chi connectivity index (χ0v) is 22.1. The predicted molar refractivity (Wildman–Crippen MR) is 153 cm³/mol. The van der Waals surface area contributed by atoms with E-state index in [-0.39, 0.29) is 24.0 Å². The lowest BCUT2D eigenvalue weighted by Gasteiger charge is -2.29. The van der Waals surface area contributed by atoms with Crippen LogP contribution >= 0.6 is 12.4 Å². The van der Waals surface area contributed by atoms with Crippen molar-refractivity contribution in [2.75, 3.05) is 13.2 Å². The number of rotatable bonds is 12. The Labute approximate surface area is 221 Å². The molecule has 4 heteroatoms. The summed E-state index contributed by atoms with van der Waals surface area (Å²) in [5.41, 5.74) is 3.60. The number of fused-ring (bicyclic) bond motifs is 1. The van der Waals surface area contributed by atoms with Crippen molar-refractivity contribution in [3.05, 3.63) is 120 Å². The van der Waals surface area contributed by atoms with Crippen LogP contribution in [0.4, 0.5) is 0 Å². The minimum absolute atomic E-state index is 0. The molecule has 0 bridgehead atoms. The molecular formula is C32H38ClNO2. The lowest BCUT2D eigenvalue weighted by molar-refractivity contribution is -0.0150. The molecule has 36 heavy (non-hydrogen) atoms. The Morgan fingerprint density at radius 2 is 1.42 bits per heavy atom. The zero-order chi connectivity index (χ0) is 24.5. The number of aryl methyl sites for hydroxylation is 1. The van der Waals surface area contributed by atoms with Crippen LogP contribution in [0.1, 0.15) is 43.1 Å². The van der Waals surface area contributed by atoms with Crippen LogP contribution in [0.15, 0.2) is 103 Å². The molecule has 0 heterocycles. The predicted octanol–water partition coefficient (Wildman–Crippen LogP) is 6.92. The smallest absolute Gasteiger partial charge is 0.0898 e. The van der Waals surface area contributed by atoms with Gasteiger partial charge in [-0.3, -0.25) is 0 Å². The second-order valence-corrected chi connectivity index (χ2v) is 10.0. The summed E-state index contributed by atoms with van der Waals surface area (Å²) in [6.45, 7) is 5.15. The number of ether oxygens (including phenoxy) is 1. The number of β-amino-alcohol motifs (C(OH)–C–C–N with tert-alkyl or cyclic N) is 1. The first-order valence-corrected chi connectivity index (χ1v) is 12.6. The largest absolute Gasteiger partial charge is 0.389 e. The summed E-state index contributed by atoms with van der Waals surface area (Å²) in [6, 6.07) is 35.9. The van der Waals surface area contributed by atoms with Crippen LogP contribution in [-0.2, 0) is 17.6 Å². The Morgan fingerprint density at radius 1 is 0.778 bits per heavy atom. The molecule has 0 aliphatic heterocycles. The number of halogens is 1. The maximum absolute atomic E-state index is 10.7. The van der Waals surface area contributed by atoms with Gasteiger partial charge in [-0.15, -0.1) is 12.4 Å². The molecule has 2 atom stereocenters. The van der Waals surface area contributed by atoms with E-state index < -0.39 is 6.10 Å². The third-order valence-corrected chi connectivity index (χ3v) is 6.48. The van der Waals surface area contributed by atoms with Crippen molar-refractivity contribution in [3.63, 3.8) is 0 Å². The molecule has 0 radical (unpaired) electrons. The summed E-state index contributed by atoms with van der Waals surface area (Å²) in [7, 11) is 0. The molecule has 0 aliphatic carbocycles. The molecule has 0 saturated carbocycles. The molecule has 4 aromatic carbocycles. The van der Waals surface area contributed by atoms with Crippen molar-refractivity contribution in [2.24, 2.45) is 0 Å². The SMILES string of the molecule is CC(C)(Cc1ccc2ccccc2c1)NC[C@@H](O)COC(CCc1ccccc1)c1ccccc1.Cl. The highest BCUT2D eigenvalue weighted by Gasteiger charge is 2.21. The zero-order valence-electron chi connectivity index (χ0n) is 21.3. The van der Waals surface area contributed by atoms with Gasteiger partial charge in [0.15, 0.2) is 0 Å². The normalized spacial score (nSPS) is 13.2. The summed E-state index contributed by atoms with van der Waals surface area (Å²) >= 11 is 0. The van der Waals surface area contributed by atoms with Gasteiger partial charge in [-0.2, -0.15) is 0 Å². The molecule has 0 fully saturated rings. The van der Waals surface area contributed by atoms with Gasteiger partial charge < -0.3 is 15.2 Å². The van der Waals surface area contributed by atoms with Crippen LogP contribution < -0.4 is 5.32 Å². The second-order valence-electron chi connectivity index (χ2n) is 10.0. The molecular weight excluding hydrogens is 466 g/mol. The van der Waals surface area contributed by atoms with Crippen molar-refractivity contribution in [1.82, 2.24) is 5.32 Å². The number of hydrogen-bond acceptors (Lipinski definition) is 3. The second kappa shape index (κ2) is 13.6. The van der Waals surface area contributed by atoms with E-state index in [1.807, 2.05) is 24.3 Å². The Kier molecular flexibility index (Phi) is 10.5. The molecule has 0 aliphatic rings. The fraction of sp³-hybridized carbons (Fsp3) is 0.312. The summed E-state index contributed by atoms with van der Waals surface area (Å²) in [6.07, 6.45) is 2.08. The van der Waals surface area contributed by atoms with Crippen LogP contribution in [0.3, 0.4) is 0 Å². The highest BCUT2D eigenvalue weighted by atomic mass is 35.5. The lowest BCUT2D eigenvalue weighted by atomic mass is 9.93. The molecule has 4 rings (SSSR count). The van der Waals surface area contributed by atoms with Crippen LogP contribution in [0.2, 0.25) is 0 Å². The van der Waals surface area contributed by atoms with Crippen molar-refractivity contribution in [2.45, 2.75) is 50.9 Å². The number of hydrogen-bond donors (Lipinski definition) is 2. The molecule has 1 unspecified atom stereocenters. The minimum Gasteiger partial charge on any atom is -0.389 e. The number of aliphatic hydroxyl groups is 1. The van der Waals surface area contributed by atoms with Crippen LogP contribution in [-0.4, -0.2) is 29.9 Å². The minimum atomic E-state index is -0.575. The van der Waals surface area contributed by atoms with E-state index in [1.165, 1.54) is 21.9 Å². The fourth-order valence-electron chi connectivity index (χ4n) is 4.56. The Balaban J connectivity index is 0.00000361. The summed E-state index contributed by atoms with van der Waals surface area (Å²) in [5.74, 6) is 0. The number of benzene rings is 4. The average Bonchev–Trinajstić information content (AvgIpc) is 2.88. The van der Waals surface area contributed by atoms with E-state index in [0.717, 1.165) is 24.8 Å². The third-order valence-electron chi connectivity index (χ3n) is 6.48. The first-order valence-electron chi connectivity index (χ1n) is 12.6. The van der Waals surface area contributed by atoms with Gasteiger partial charge in [0.2, 0.25) is 0 Å². The maximum Gasteiger partial charge on any atom is 0.0898 e. The molecule has 0 saturated heterocycles. The first-order chi connectivity index (χ1) is 17.0. The topological polar surface area (TPSA) is 41.5 Å². The molecule has 0 amide bonds. The summed E-state index contributed by atoms with van der Waals surface area (Å²) < 4.78 is 6.25. The van der Waals surface area contributed by atoms with E-state index in [0.29, 0.717) is 13.2 Å². The standard InChI is InChI=1S/C32H37NO2.ClH/c1-32(2,22-26-17-19-27-13-9-10-16-29(27)21-26)33-23-30(34)24-35-31(28-14-7-4-8-15-28)20-18-25-11-5-3-6-12-25;/h3-17,19,21,30-31,33-34H,18,20,22-24H2,1-2H3;1H/t30-,31?;/m1./s1. The van der Waals surface area contributed by atoms with Crippen LogP contribution in [0.5, 0.6) is 0 Å². The molecule has 4 aromatic rings. The van der Waals surface area contributed by atoms with Gasteiger partial charge in [-0.05, 0) is 60.6 Å². The van der Waals surface area contributed by atoms with Crippen molar-refractivity contribution < 1.29 is 9.84 Å². The lowest BCUT2D eigenvalue weighted by Crippen LogP contribution is -2.46. The van der Waals surface area contributed by atoms with Gasteiger partial charge in [-0.1, -0.05) is 103 Å². The van der Waals surface area contributed by atoms with Crippen molar-refractivity contribution in [1.29, 1.82) is 0 Å². The third kappa shape index (κ3) is 8.46. The number of aliphatic hydroxyl groups excluding tert-OH is 1. The first kappa shape index (κ1) is 27.9. The summed E-state index contributed by atoms with van der Waals surface area (Å²) in [4.78, 5) is 0. The van der Waals surface area contributed by atoms with Crippen LogP contribution in [0.25, 0.3) is 10.8 Å². The monoisotopic (exact) mass is 503 g/mol. The van der Waals surface area contributed by atoms with Gasteiger partial charge in [0.25, 0.3) is 0 Å². The maximum atomic E-state index is 10.7. The van der Waals surface area contributed by atoms with E-state index in [4.69, 9.17) is 4.74 Å². The average molecular weight is 504 g/mol. The van der Waals surface area contributed by atoms with E-state index in [1.54, 1.807) is 0 Å². The molecule has 190 valence electrons. The fourth-order valence-corrected chi connectivity index (χ4v) is 4.56. The van der Waals surface area contributed by atoms with Crippen molar-refractivity contribution >= 4 is 23.2 Å². The highest BCUT2D eigenvalue weighted by molar-refractivity contribution is 5.85. The van der Waals surface area contributed by atoms with Gasteiger partial charge in [0.1, 0.15) is 0 Å². The van der Waals surface area contributed by atoms with E-state index >= 15 is 0 Å². The molecule has 2 N–H and O–H groups in total. The molecule has 3 nitrogen and oxygen atoms in total. The van der Waals surface area contributed by atoms with Gasteiger partial charge in [0, 0.05) is 12.1 Å². The van der Waals surface area contributed by atoms with E-state index in [2.05, 4.69) is 98.0 Å². The Hall–Kier alpha value is -2.69.